The predicted molar refractivity (Wildman–Crippen MR) is 67.0 cm³/mol. The van der Waals surface area contributed by atoms with E-state index in [1.807, 2.05) is 49.4 Å². The number of ether oxygens (including phenoxy) is 2. The Bertz CT molecular complexity index is 475. The molecule has 2 rings (SSSR count). The van der Waals surface area contributed by atoms with E-state index in [2.05, 4.69) is 11.8 Å². The lowest BCUT2D eigenvalue weighted by molar-refractivity contribution is -0.0660. The summed E-state index contributed by atoms with van der Waals surface area (Å²) < 4.78 is 10.8. The van der Waals surface area contributed by atoms with Crippen molar-refractivity contribution in [1.29, 1.82) is 0 Å². The summed E-state index contributed by atoms with van der Waals surface area (Å²) in [7, 11) is 0. The molecule has 1 aliphatic rings. The summed E-state index contributed by atoms with van der Waals surface area (Å²) in [4.78, 5) is 0. The van der Waals surface area contributed by atoms with E-state index in [1.165, 1.54) is 0 Å². The van der Waals surface area contributed by atoms with E-state index < -0.39 is 0 Å². The van der Waals surface area contributed by atoms with Gasteiger partial charge in [0.05, 0.1) is 0 Å². The van der Waals surface area contributed by atoms with Crippen LogP contribution in [0.15, 0.2) is 54.3 Å². The molecule has 0 aromatic heterocycles. The van der Waals surface area contributed by atoms with Gasteiger partial charge in [0.15, 0.2) is 0 Å². The van der Waals surface area contributed by atoms with Gasteiger partial charge < -0.3 is 9.47 Å². The molecular formula is C15H14O2. The van der Waals surface area contributed by atoms with Crippen molar-refractivity contribution >= 4 is 0 Å². The number of hydrogen-bond donors (Lipinski definition) is 0. The standard InChI is InChI=1S/C15H14O2/c1-2-16-15-12-11-14(17-15)10-6-9-13-7-4-3-5-8-13/h3-5,7-8,10-12,15H,2H2,1H3/b14-10-. The number of allylic oxidation sites excluding steroid dienone is 2. The minimum Gasteiger partial charge on any atom is -0.461 e. The summed E-state index contributed by atoms with van der Waals surface area (Å²) in [6.07, 6.45) is 5.24. The molecule has 1 aliphatic heterocycles. The first kappa shape index (κ1) is 11.5. The van der Waals surface area contributed by atoms with E-state index in [-0.39, 0.29) is 6.29 Å². The first-order valence-corrected chi connectivity index (χ1v) is 5.61. The van der Waals surface area contributed by atoms with Gasteiger partial charge in [0.25, 0.3) is 0 Å². The average Bonchev–Trinajstić information content (AvgIpc) is 2.79. The third-order valence-corrected chi connectivity index (χ3v) is 2.21. The topological polar surface area (TPSA) is 18.5 Å². The highest BCUT2D eigenvalue weighted by atomic mass is 16.7. The van der Waals surface area contributed by atoms with Gasteiger partial charge in [-0.2, -0.15) is 0 Å². The molecule has 86 valence electrons. The highest BCUT2D eigenvalue weighted by Gasteiger charge is 2.12. The fourth-order valence-corrected chi connectivity index (χ4v) is 1.43. The average molecular weight is 226 g/mol. The molecule has 0 saturated heterocycles. The summed E-state index contributed by atoms with van der Waals surface area (Å²) in [5.41, 5.74) is 0.993. The zero-order chi connectivity index (χ0) is 11.9. The van der Waals surface area contributed by atoms with Gasteiger partial charge in [-0.1, -0.05) is 30.0 Å². The summed E-state index contributed by atoms with van der Waals surface area (Å²) in [5, 5.41) is 0. The molecule has 0 saturated carbocycles. The molecule has 1 heterocycles. The normalized spacial score (nSPS) is 19.8. The molecule has 2 heteroatoms. The smallest absolute Gasteiger partial charge is 0.220 e. The Hall–Kier alpha value is -1.98. The highest BCUT2D eigenvalue weighted by Crippen LogP contribution is 2.15. The molecule has 1 aromatic rings. The Morgan fingerprint density at radius 2 is 2.18 bits per heavy atom. The van der Waals surface area contributed by atoms with Crippen molar-refractivity contribution in [1.82, 2.24) is 0 Å². The minimum absolute atomic E-state index is 0.259. The van der Waals surface area contributed by atoms with Crippen molar-refractivity contribution in [2.75, 3.05) is 6.61 Å². The summed E-state index contributed by atoms with van der Waals surface area (Å²) in [5.74, 6) is 6.74. The quantitative estimate of drug-likeness (QED) is 0.722. The van der Waals surface area contributed by atoms with Gasteiger partial charge in [-0.25, -0.2) is 0 Å². The van der Waals surface area contributed by atoms with E-state index in [0.717, 1.165) is 11.3 Å². The molecule has 2 nitrogen and oxygen atoms in total. The second-order valence-electron chi connectivity index (χ2n) is 3.48. The first-order valence-electron chi connectivity index (χ1n) is 5.61. The summed E-state index contributed by atoms with van der Waals surface area (Å²) in [6, 6.07) is 9.85. The van der Waals surface area contributed by atoms with Gasteiger partial charge >= 0.3 is 0 Å². The van der Waals surface area contributed by atoms with Crippen molar-refractivity contribution in [3.8, 4) is 11.8 Å². The first-order chi connectivity index (χ1) is 8.38. The third kappa shape index (κ3) is 3.51. The van der Waals surface area contributed by atoms with Gasteiger partial charge in [0, 0.05) is 18.2 Å². The largest absolute Gasteiger partial charge is 0.461 e. The molecule has 0 spiro atoms. The van der Waals surface area contributed by atoms with Gasteiger partial charge in [-0.3, -0.25) is 0 Å². The van der Waals surface area contributed by atoms with Crippen molar-refractivity contribution < 1.29 is 9.47 Å². The van der Waals surface area contributed by atoms with Crippen LogP contribution in [0.1, 0.15) is 12.5 Å². The molecule has 0 N–H and O–H groups in total. The second kappa shape index (κ2) is 5.93. The third-order valence-electron chi connectivity index (χ3n) is 2.21. The molecule has 0 amide bonds. The number of hydrogen-bond acceptors (Lipinski definition) is 2. The molecule has 0 fully saturated rings. The van der Waals surface area contributed by atoms with Crippen LogP contribution in [0.5, 0.6) is 0 Å². The number of benzene rings is 1. The maximum Gasteiger partial charge on any atom is 0.220 e. The molecule has 17 heavy (non-hydrogen) atoms. The van der Waals surface area contributed by atoms with Gasteiger partial charge in [-0.15, -0.1) is 0 Å². The van der Waals surface area contributed by atoms with Crippen LogP contribution in [0, 0.1) is 11.8 Å². The molecule has 1 atom stereocenters. The summed E-state index contributed by atoms with van der Waals surface area (Å²) in [6.45, 7) is 2.58. The molecule has 1 aromatic carbocycles. The monoisotopic (exact) mass is 226 g/mol. The molecule has 0 aliphatic carbocycles. The lowest BCUT2D eigenvalue weighted by Crippen LogP contribution is -2.08. The maximum atomic E-state index is 5.47. The van der Waals surface area contributed by atoms with Gasteiger partial charge in [-0.05, 0) is 31.2 Å². The van der Waals surface area contributed by atoms with Crippen LogP contribution in [-0.2, 0) is 9.47 Å². The zero-order valence-corrected chi connectivity index (χ0v) is 9.72. The van der Waals surface area contributed by atoms with Crippen LogP contribution in [0.4, 0.5) is 0 Å². The Morgan fingerprint density at radius 3 is 2.94 bits per heavy atom. The Morgan fingerprint density at radius 1 is 1.35 bits per heavy atom. The van der Waals surface area contributed by atoms with E-state index in [9.17, 15) is 0 Å². The van der Waals surface area contributed by atoms with Crippen LogP contribution in [0.2, 0.25) is 0 Å². The van der Waals surface area contributed by atoms with Crippen LogP contribution in [-0.4, -0.2) is 12.9 Å². The van der Waals surface area contributed by atoms with Crippen molar-refractivity contribution in [2.24, 2.45) is 0 Å². The van der Waals surface area contributed by atoms with E-state index in [4.69, 9.17) is 9.47 Å². The lowest BCUT2D eigenvalue weighted by atomic mass is 10.2. The van der Waals surface area contributed by atoms with Crippen molar-refractivity contribution in [3.05, 3.63) is 59.9 Å². The Kier molecular flexibility index (Phi) is 4.01. The van der Waals surface area contributed by atoms with Crippen LogP contribution in [0.25, 0.3) is 0 Å². The maximum absolute atomic E-state index is 5.47. The van der Waals surface area contributed by atoms with Crippen LogP contribution in [0.3, 0.4) is 0 Å². The molecule has 1 unspecified atom stereocenters. The van der Waals surface area contributed by atoms with Crippen LogP contribution >= 0.6 is 0 Å². The minimum atomic E-state index is -0.259. The fraction of sp³-hybridized carbons (Fsp3) is 0.200. The Balaban J connectivity index is 1.95. The lowest BCUT2D eigenvalue weighted by Gasteiger charge is -2.08. The molecular weight excluding hydrogens is 212 g/mol. The fourth-order valence-electron chi connectivity index (χ4n) is 1.43. The summed E-state index contributed by atoms with van der Waals surface area (Å²) >= 11 is 0. The van der Waals surface area contributed by atoms with Gasteiger partial charge in [0.2, 0.25) is 6.29 Å². The SMILES string of the molecule is CCOC1C=C/C(=C/C#Cc2ccccc2)O1. The molecule has 0 radical (unpaired) electrons. The second-order valence-corrected chi connectivity index (χ2v) is 3.48. The van der Waals surface area contributed by atoms with E-state index in [1.54, 1.807) is 6.08 Å². The zero-order valence-electron chi connectivity index (χ0n) is 9.72. The van der Waals surface area contributed by atoms with Gasteiger partial charge in [0.1, 0.15) is 5.76 Å². The van der Waals surface area contributed by atoms with E-state index >= 15 is 0 Å². The van der Waals surface area contributed by atoms with Crippen molar-refractivity contribution in [3.63, 3.8) is 0 Å². The molecule has 0 bridgehead atoms. The van der Waals surface area contributed by atoms with Crippen molar-refractivity contribution in [2.45, 2.75) is 13.2 Å². The number of rotatable bonds is 2. The Labute approximate surface area is 102 Å². The van der Waals surface area contributed by atoms with E-state index in [0.29, 0.717) is 6.61 Å². The highest BCUT2D eigenvalue weighted by molar-refractivity contribution is 5.38. The van der Waals surface area contributed by atoms with Crippen LogP contribution < -0.4 is 0 Å². The predicted octanol–water partition coefficient (Wildman–Crippen LogP) is 2.87.